The maximum absolute atomic E-state index is 11.3. The number of rotatable bonds is 3. The second kappa shape index (κ2) is 4.03. The van der Waals surface area contributed by atoms with Crippen LogP contribution in [0.25, 0.3) is 0 Å². The van der Waals surface area contributed by atoms with Crippen LogP contribution in [0.4, 0.5) is 0 Å². The first-order chi connectivity index (χ1) is 7.22. The van der Waals surface area contributed by atoms with E-state index >= 15 is 0 Å². The lowest BCUT2D eigenvalue weighted by Crippen LogP contribution is -2.22. The minimum atomic E-state index is -0.659. The van der Waals surface area contributed by atoms with Crippen LogP contribution >= 0.6 is 0 Å². The molecule has 2 N–H and O–H groups in total. The lowest BCUT2D eigenvalue weighted by Gasteiger charge is -2.10. The van der Waals surface area contributed by atoms with E-state index in [-0.39, 0.29) is 5.97 Å². The Morgan fingerprint density at radius 1 is 1.53 bits per heavy atom. The number of benzene rings is 1. The van der Waals surface area contributed by atoms with Crippen molar-refractivity contribution in [1.29, 1.82) is 0 Å². The van der Waals surface area contributed by atoms with E-state index in [1.165, 1.54) is 25.5 Å². The van der Waals surface area contributed by atoms with Crippen molar-refractivity contribution in [2.45, 2.75) is 24.8 Å². The van der Waals surface area contributed by atoms with Gasteiger partial charge < -0.3 is 10.5 Å². The third-order valence-corrected chi connectivity index (χ3v) is 2.77. The fourth-order valence-electron chi connectivity index (χ4n) is 1.69. The van der Waals surface area contributed by atoms with Gasteiger partial charge >= 0.3 is 5.97 Å². The summed E-state index contributed by atoms with van der Waals surface area (Å²) in [6.07, 6.45) is 2.49. The molecule has 3 nitrogen and oxygen atoms in total. The topological polar surface area (TPSA) is 52.3 Å². The lowest BCUT2D eigenvalue weighted by atomic mass is 10.0. The predicted molar refractivity (Wildman–Crippen MR) is 57.4 cm³/mol. The molecule has 1 saturated carbocycles. The summed E-state index contributed by atoms with van der Waals surface area (Å²) in [5.41, 5.74) is 7.89. The van der Waals surface area contributed by atoms with E-state index in [9.17, 15) is 4.79 Å². The molecule has 80 valence electrons. The van der Waals surface area contributed by atoms with E-state index in [1.54, 1.807) is 0 Å². The Labute approximate surface area is 89.2 Å². The summed E-state index contributed by atoms with van der Waals surface area (Å²) < 4.78 is 4.62. The number of ether oxygens (including phenoxy) is 1. The Morgan fingerprint density at radius 2 is 2.27 bits per heavy atom. The summed E-state index contributed by atoms with van der Waals surface area (Å²) in [5.74, 6) is 0.290. The van der Waals surface area contributed by atoms with E-state index in [4.69, 9.17) is 5.73 Å². The Kier molecular flexibility index (Phi) is 2.73. The summed E-state index contributed by atoms with van der Waals surface area (Å²) in [5, 5.41) is 0. The third-order valence-electron chi connectivity index (χ3n) is 2.77. The molecule has 0 aromatic heterocycles. The monoisotopic (exact) mass is 205 g/mol. The molecule has 15 heavy (non-hydrogen) atoms. The molecule has 1 unspecified atom stereocenters. The van der Waals surface area contributed by atoms with Gasteiger partial charge in [0.25, 0.3) is 0 Å². The van der Waals surface area contributed by atoms with Crippen molar-refractivity contribution in [3.63, 3.8) is 0 Å². The number of carbonyl (C=O) groups excluding carboxylic acids is 1. The minimum absolute atomic E-state index is 0.386. The normalized spacial score (nSPS) is 17.2. The molecule has 1 aliphatic rings. The van der Waals surface area contributed by atoms with E-state index in [0.717, 1.165) is 5.56 Å². The van der Waals surface area contributed by atoms with Gasteiger partial charge in [0.2, 0.25) is 0 Å². The summed E-state index contributed by atoms with van der Waals surface area (Å²) in [6.45, 7) is 0. The second-order valence-electron chi connectivity index (χ2n) is 3.95. The summed E-state index contributed by atoms with van der Waals surface area (Å²) >= 11 is 0. The summed E-state index contributed by atoms with van der Waals surface area (Å²) in [6, 6.07) is 7.26. The Hall–Kier alpha value is -1.35. The maximum Gasteiger partial charge on any atom is 0.327 e. The SMILES string of the molecule is COC(=O)C(N)c1cccc(C2CC2)c1. The molecule has 0 aliphatic heterocycles. The van der Waals surface area contributed by atoms with Crippen LogP contribution < -0.4 is 5.73 Å². The maximum atomic E-state index is 11.3. The van der Waals surface area contributed by atoms with Crippen LogP contribution in [0.2, 0.25) is 0 Å². The summed E-state index contributed by atoms with van der Waals surface area (Å²) in [4.78, 5) is 11.3. The molecule has 3 heteroatoms. The fourth-order valence-corrected chi connectivity index (χ4v) is 1.69. The van der Waals surface area contributed by atoms with E-state index in [1.807, 2.05) is 18.2 Å². The largest absolute Gasteiger partial charge is 0.468 e. The van der Waals surface area contributed by atoms with Crippen molar-refractivity contribution in [1.82, 2.24) is 0 Å². The highest BCUT2D eigenvalue weighted by Gasteiger charge is 2.24. The average Bonchev–Trinajstić information content (AvgIpc) is 3.11. The van der Waals surface area contributed by atoms with E-state index in [0.29, 0.717) is 5.92 Å². The van der Waals surface area contributed by atoms with Crippen molar-refractivity contribution in [3.05, 3.63) is 35.4 Å². The van der Waals surface area contributed by atoms with E-state index in [2.05, 4.69) is 10.8 Å². The van der Waals surface area contributed by atoms with E-state index < -0.39 is 6.04 Å². The number of esters is 1. The standard InChI is InChI=1S/C12H15NO2/c1-15-12(14)11(13)10-4-2-3-9(7-10)8-5-6-8/h2-4,7-8,11H,5-6,13H2,1H3. The molecular weight excluding hydrogens is 190 g/mol. The zero-order valence-corrected chi connectivity index (χ0v) is 8.77. The number of carbonyl (C=O) groups is 1. The molecule has 0 radical (unpaired) electrons. The Bertz CT molecular complexity index is 372. The first-order valence-corrected chi connectivity index (χ1v) is 5.15. The summed E-state index contributed by atoms with van der Waals surface area (Å²) in [7, 11) is 1.35. The molecule has 1 aliphatic carbocycles. The quantitative estimate of drug-likeness (QED) is 0.765. The van der Waals surface area contributed by atoms with Crippen LogP contribution in [0, 0.1) is 0 Å². The molecular formula is C12H15NO2. The first kappa shape index (κ1) is 10.2. The van der Waals surface area contributed by atoms with Gasteiger partial charge in [-0.15, -0.1) is 0 Å². The molecule has 0 heterocycles. The molecule has 1 aromatic rings. The van der Waals surface area contributed by atoms with Gasteiger partial charge in [-0.1, -0.05) is 24.3 Å². The first-order valence-electron chi connectivity index (χ1n) is 5.15. The van der Waals surface area contributed by atoms with Crippen molar-refractivity contribution >= 4 is 5.97 Å². The second-order valence-corrected chi connectivity index (χ2v) is 3.95. The zero-order chi connectivity index (χ0) is 10.8. The molecule has 1 fully saturated rings. The van der Waals surface area contributed by atoms with Crippen LogP contribution in [0.5, 0.6) is 0 Å². The van der Waals surface area contributed by atoms with Gasteiger partial charge in [0.05, 0.1) is 7.11 Å². The molecule has 0 amide bonds. The smallest absolute Gasteiger partial charge is 0.327 e. The van der Waals surface area contributed by atoms with Crippen LogP contribution in [0.1, 0.15) is 35.9 Å². The van der Waals surface area contributed by atoms with Crippen LogP contribution in [-0.4, -0.2) is 13.1 Å². The van der Waals surface area contributed by atoms with Crippen LogP contribution in [0.3, 0.4) is 0 Å². The predicted octanol–water partition coefficient (Wildman–Crippen LogP) is 1.74. The average molecular weight is 205 g/mol. The molecule has 0 saturated heterocycles. The highest BCUT2D eigenvalue weighted by molar-refractivity contribution is 5.77. The molecule has 0 spiro atoms. The fraction of sp³-hybridized carbons (Fsp3) is 0.417. The van der Waals surface area contributed by atoms with Gasteiger partial charge in [0, 0.05) is 0 Å². The molecule has 2 rings (SSSR count). The van der Waals surface area contributed by atoms with Crippen molar-refractivity contribution in [2.24, 2.45) is 5.73 Å². The molecule has 1 aromatic carbocycles. The highest BCUT2D eigenvalue weighted by atomic mass is 16.5. The number of hydrogen-bond donors (Lipinski definition) is 1. The Morgan fingerprint density at radius 3 is 2.87 bits per heavy atom. The number of nitrogens with two attached hydrogens (primary N) is 1. The van der Waals surface area contributed by atoms with Crippen molar-refractivity contribution in [3.8, 4) is 0 Å². The highest BCUT2D eigenvalue weighted by Crippen LogP contribution is 2.40. The van der Waals surface area contributed by atoms with Gasteiger partial charge in [-0.2, -0.15) is 0 Å². The van der Waals surface area contributed by atoms with Gasteiger partial charge in [0.1, 0.15) is 6.04 Å². The van der Waals surface area contributed by atoms with Gasteiger partial charge in [-0.05, 0) is 29.9 Å². The van der Waals surface area contributed by atoms with Crippen LogP contribution in [0.15, 0.2) is 24.3 Å². The molecule has 1 atom stereocenters. The lowest BCUT2D eigenvalue weighted by molar-refractivity contribution is -0.142. The number of methoxy groups -OCH3 is 1. The minimum Gasteiger partial charge on any atom is -0.468 e. The van der Waals surface area contributed by atoms with Crippen LogP contribution in [-0.2, 0) is 9.53 Å². The zero-order valence-electron chi connectivity index (χ0n) is 8.77. The Balaban J connectivity index is 2.19. The van der Waals surface area contributed by atoms with Gasteiger partial charge in [-0.3, -0.25) is 4.79 Å². The van der Waals surface area contributed by atoms with Gasteiger partial charge in [0.15, 0.2) is 0 Å². The van der Waals surface area contributed by atoms with Crippen molar-refractivity contribution < 1.29 is 9.53 Å². The van der Waals surface area contributed by atoms with Crippen molar-refractivity contribution in [2.75, 3.05) is 7.11 Å². The third kappa shape index (κ3) is 2.18. The molecule has 0 bridgehead atoms. The number of hydrogen-bond acceptors (Lipinski definition) is 3. The van der Waals surface area contributed by atoms with Gasteiger partial charge in [-0.25, -0.2) is 0 Å².